The molecule has 116 valence electrons. The molecule has 0 aliphatic heterocycles. The first-order chi connectivity index (χ1) is 11.1. The third kappa shape index (κ3) is 3.21. The molecular weight excluding hydrogens is 294 g/mol. The van der Waals surface area contributed by atoms with Crippen molar-refractivity contribution in [3.05, 3.63) is 65.9 Å². The largest absolute Gasteiger partial charge is 0.480 e. The van der Waals surface area contributed by atoms with Crippen LogP contribution in [-0.2, 0) is 11.2 Å². The molecule has 0 radical (unpaired) electrons. The standard InChI is InChI=1S/C17H15N3O3/c21-16(15-12-8-4-5-9-13(12)19-20-15)18-14(17(22)23)10-11-6-2-1-3-7-11/h1-9,14H,10H2,(H,18,21)(H,19,20)(H,22,23)/t14-/m0/s1. The molecule has 6 heteroatoms. The Bertz CT molecular complexity index is 842. The summed E-state index contributed by atoms with van der Waals surface area (Å²) in [5, 5.41) is 19.3. The Balaban J connectivity index is 1.80. The summed E-state index contributed by atoms with van der Waals surface area (Å²) in [4.78, 5) is 23.8. The lowest BCUT2D eigenvalue weighted by Crippen LogP contribution is -2.42. The van der Waals surface area contributed by atoms with Gasteiger partial charge in [-0.1, -0.05) is 48.5 Å². The average Bonchev–Trinajstić information content (AvgIpc) is 2.99. The van der Waals surface area contributed by atoms with Crippen LogP contribution in [0.2, 0.25) is 0 Å². The molecule has 1 amide bonds. The summed E-state index contributed by atoms with van der Waals surface area (Å²) >= 11 is 0. The SMILES string of the molecule is O=C(N[C@@H](Cc1ccccc1)C(=O)O)c1n[nH]c2ccccc12. The molecule has 0 bridgehead atoms. The van der Waals surface area contributed by atoms with Crippen molar-refractivity contribution in [1.29, 1.82) is 0 Å². The Hall–Kier alpha value is -3.15. The number of amides is 1. The minimum Gasteiger partial charge on any atom is -0.480 e. The number of hydrogen-bond donors (Lipinski definition) is 3. The minimum atomic E-state index is -1.08. The molecule has 0 saturated carbocycles. The van der Waals surface area contributed by atoms with Crippen LogP contribution in [0.15, 0.2) is 54.6 Å². The van der Waals surface area contributed by atoms with E-state index in [0.29, 0.717) is 5.39 Å². The topological polar surface area (TPSA) is 95.1 Å². The predicted octanol–water partition coefficient (Wildman–Crippen LogP) is 1.99. The van der Waals surface area contributed by atoms with Crippen LogP contribution in [0.25, 0.3) is 10.9 Å². The first-order valence-corrected chi connectivity index (χ1v) is 7.16. The first kappa shape index (κ1) is 14.8. The van der Waals surface area contributed by atoms with E-state index in [9.17, 15) is 14.7 Å². The van der Waals surface area contributed by atoms with Crippen molar-refractivity contribution in [2.24, 2.45) is 0 Å². The van der Waals surface area contributed by atoms with Crippen LogP contribution < -0.4 is 5.32 Å². The van der Waals surface area contributed by atoms with Crippen molar-refractivity contribution in [3.63, 3.8) is 0 Å². The van der Waals surface area contributed by atoms with Crippen LogP contribution in [0, 0.1) is 0 Å². The number of hydrogen-bond acceptors (Lipinski definition) is 3. The number of carboxylic acid groups (broad SMARTS) is 1. The summed E-state index contributed by atoms with van der Waals surface area (Å²) in [5.74, 6) is -1.59. The van der Waals surface area contributed by atoms with Gasteiger partial charge in [0.05, 0.1) is 5.52 Å². The van der Waals surface area contributed by atoms with Crippen molar-refractivity contribution in [3.8, 4) is 0 Å². The molecular formula is C17H15N3O3. The summed E-state index contributed by atoms with van der Waals surface area (Å²) in [6.07, 6.45) is 0.213. The van der Waals surface area contributed by atoms with Crippen LogP contribution in [0.1, 0.15) is 16.1 Å². The van der Waals surface area contributed by atoms with E-state index in [1.807, 2.05) is 36.4 Å². The summed E-state index contributed by atoms with van der Waals surface area (Å²) in [7, 11) is 0. The van der Waals surface area contributed by atoms with E-state index in [0.717, 1.165) is 11.1 Å². The van der Waals surface area contributed by atoms with Crippen LogP contribution in [-0.4, -0.2) is 33.2 Å². The van der Waals surface area contributed by atoms with E-state index in [2.05, 4.69) is 15.5 Å². The van der Waals surface area contributed by atoms with Crippen LogP contribution >= 0.6 is 0 Å². The first-order valence-electron chi connectivity index (χ1n) is 7.16. The fourth-order valence-electron chi connectivity index (χ4n) is 2.41. The fourth-order valence-corrected chi connectivity index (χ4v) is 2.41. The Kier molecular flexibility index (Phi) is 4.05. The van der Waals surface area contributed by atoms with Gasteiger partial charge in [-0.2, -0.15) is 5.10 Å². The number of nitrogens with one attached hydrogen (secondary N) is 2. The molecule has 1 atom stereocenters. The van der Waals surface area contributed by atoms with Gasteiger partial charge in [0, 0.05) is 11.8 Å². The molecule has 1 heterocycles. The highest BCUT2D eigenvalue weighted by atomic mass is 16.4. The number of H-pyrrole nitrogens is 1. The molecule has 3 aromatic rings. The maximum Gasteiger partial charge on any atom is 0.326 e. The van der Waals surface area contributed by atoms with Crippen molar-refractivity contribution in [1.82, 2.24) is 15.5 Å². The normalized spacial score (nSPS) is 12.0. The number of carbonyl (C=O) groups excluding carboxylic acids is 1. The van der Waals surface area contributed by atoms with Crippen LogP contribution in [0.5, 0.6) is 0 Å². The highest BCUT2D eigenvalue weighted by Crippen LogP contribution is 2.15. The van der Waals surface area contributed by atoms with Gasteiger partial charge < -0.3 is 10.4 Å². The van der Waals surface area contributed by atoms with Gasteiger partial charge in [0.2, 0.25) is 0 Å². The molecule has 0 aliphatic carbocycles. The molecule has 0 aliphatic rings. The highest BCUT2D eigenvalue weighted by Gasteiger charge is 2.23. The predicted molar refractivity (Wildman–Crippen MR) is 85.1 cm³/mol. The molecule has 6 nitrogen and oxygen atoms in total. The monoisotopic (exact) mass is 309 g/mol. The summed E-state index contributed by atoms with van der Waals surface area (Å²) in [5.41, 5.74) is 1.76. The van der Waals surface area contributed by atoms with E-state index in [4.69, 9.17) is 0 Å². The highest BCUT2D eigenvalue weighted by molar-refractivity contribution is 6.05. The van der Waals surface area contributed by atoms with Gasteiger partial charge in [-0.3, -0.25) is 9.89 Å². The number of aliphatic carboxylic acids is 1. The molecule has 3 rings (SSSR count). The van der Waals surface area contributed by atoms with E-state index < -0.39 is 17.9 Å². The zero-order chi connectivity index (χ0) is 16.2. The van der Waals surface area contributed by atoms with Gasteiger partial charge in [-0.05, 0) is 11.6 Å². The van der Waals surface area contributed by atoms with Crippen molar-refractivity contribution in [2.75, 3.05) is 0 Å². The number of aromatic nitrogens is 2. The lowest BCUT2D eigenvalue weighted by Gasteiger charge is -2.14. The van der Waals surface area contributed by atoms with Gasteiger partial charge >= 0.3 is 5.97 Å². The second kappa shape index (κ2) is 6.31. The van der Waals surface area contributed by atoms with E-state index in [-0.39, 0.29) is 12.1 Å². The van der Waals surface area contributed by atoms with Crippen molar-refractivity contribution >= 4 is 22.8 Å². The maximum absolute atomic E-state index is 12.4. The lowest BCUT2D eigenvalue weighted by molar-refractivity contribution is -0.139. The number of para-hydroxylation sites is 1. The Morgan fingerprint density at radius 3 is 2.52 bits per heavy atom. The quantitative estimate of drug-likeness (QED) is 0.671. The minimum absolute atomic E-state index is 0.194. The number of carbonyl (C=O) groups is 2. The number of carboxylic acids is 1. The molecule has 1 aromatic heterocycles. The molecule has 0 saturated heterocycles. The number of aromatic amines is 1. The molecule has 0 spiro atoms. The number of fused-ring (bicyclic) bond motifs is 1. The second-order valence-corrected chi connectivity index (χ2v) is 5.17. The molecule has 0 fully saturated rings. The van der Waals surface area contributed by atoms with E-state index in [1.54, 1.807) is 18.2 Å². The smallest absolute Gasteiger partial charge is 0.326 e. The lowest BCUT2D eigenvalue weighted by atomic mass is 10.1. The zero-order valence-corrected chi connectivity index (χ0v) is 12.2. The van der Waals surface area contributed by atoms with Gasteiger partial charge in [0.15, 0.2) is 5.69 Å². The third-order valence-corrected chi connectivity index (χ3v) is 3.57. The Morgan fingerprint density at radius 1 is 1.09 bits per heavy atom. The molecule has 23 heavy (non-hydrogen) atoms. The molecule has 2 aromatic carbocycles. The van der Waals surface area contributed by atoms with Gasteiger partial charge in [0.1, 0.15) is 6.04 Å². The zero-order valence-electron chi connectivity index (χ0n) is 12.2. The van der Waals surface area contributed by atoms with Crippen LogP contribution in [0.3, 0.4) is 0 Å². The van der Waals surface area contributed by atoms with Crippen molar-refractivity contribution < 1.29 is 14.7 Å². The summed E-state index contributed by atoms with van der Waals surface area (Å²) in [6.45, 7) is 0. The summed E-state index contributed by atoms with van der Waals surface area (Å²) in [6, 6.07) is 15.4. The van der Waals surface area contributed by atoms with Crippen molar-refractivity contribution in [2.45, 2.75) is 12.5 Å². The van der Waals surface area contributed by atoms with Gasteiger partial charge in [-0.15, -0.1) is 0 Å². The van der Waals surface area contributed by atoms with Crippen LogP contribution in [0.4, 0.5) is 0 Å². The number of rotatable bonds is 5. The third-order valence-electron chi connectivity index (χ3n) is 3.57. The van der Waals surface area contributed by atoms with Gasteiger partial charge in [-0.25, -0.2) is 4.79 Å². The summed E-state index contributed by atoms with van der Waals surface area (Å²) < 4.78 is 0. The second-order valence-electron chi connectivity index (χ2n) is 5.17. The van der Waals surface area contributed by atoms with E-state index in [1.165, 1.54) is 0 Å². The Morgan fingerprint density at radius 2 is 1.78 bits per heavy atom. The fraction of sp³-hybridized carbons (Fsp3) is 0.118. The Labute approximate surface area is 132 Å². The average molecular weight is 309 g/mol. The van der Waals surface area contributed by atoms with Gasteiger partial charge in [0.25, 0.3) is 5.91 Å². The number of nitrogens with zero attached hydrogens (tertiary/aromatic N) is 1. The maximum atomic E-state index is 12.4. The molecule has 3 N–H and O–H groups in total. The molecule has 0 unspecified atom stereocenters. The van der Waals surface area contributed by atoms with E-state index >= 15 is 0 Å². The number of benzene rings is 2.